The van der Waals surface area contributed by atoms with Crippen molar-refractivity contribution in [2.45, 2.75) is 45.7 Å². The Hall–Kier alpha value is -2.02. The Labute approximate surface area is 176 Å². The molecule has 6 heteroatoms. The molecular formula is C23H28N4OS. The highest BCUT2D eigenvalue weighted by Crippen LogP contribution is 2.35. The Kier molecular flexibility index (Phi) is 5.48. The summed E-state index contributed by atoms with van der Waals surface area (Å²) in [6.45, 7) is 8.21. The lowest BCUT2D eigenvalue weighted by atomic mass is 9.99. The van der Waals surface area contributed by atoms with Crippen molar-refractivity contribution in [1.29, 1.82) is 0 Å². The van der Waals surface area contributed by atoms with Crippen molar-refractivity contribution in [3.05, 3.63) is 57.8 Å². The number of hydrogen-bond donors (Lipinski definition) is 0. The third-order valence-electron chi connectivity index (χ3n) is 6.15. The number of aromatic nitrogens is 2. The van der Waals surface area contributed by atoms with E-state index in [0.717, 1.165) is 50.0 Å². The van der Waals surface area contributed by atoms with Crippen LogP contribution in [-0.4, -0.2) is 46.2 Å². The van der Waals surface area contributed by atoms with Gasteiger partial charge in [-0.25, -0.2) is 0 Å². The van der Waals surface area contributed by atoms with E-state index in [-0.39, 0.29) is 0 Å². The molecule has 3 heterocycles. The summed E-state index contributed by atoms with van der Waals surface area (Å²) in [5.41, 5.74) is 4.30. The molecule has 0 saturated carbocycles. The zero-order valence-corrected chi connectivity index (χ0v) is 17.9. The second-order valence-corrected chi connectivity index (χ2v) is 9.38. The van der Waals surface area contributed by atoms with Crippen LogP contribution in [0.1, 0.15) is 40.3 Å². The molecule has 0 amide bonds. The number of thiophene rings is 1. The van der Waals surface area contributed by atoms with Gasteiger partial charge in [0.05, 0.1) is 11.4 Å². The van der Waals surface area contributed by atoms with Gasteiger partial charge < -0.3 is 4.42 Å². The molecule has 0 bridgehead atoms. The zero-order valence-electron chi connectivity index (χ0n) is 17.1. The van der Waals surface area contributed by atoms with Crippen molar-refractivity contribution in [2.75, 3.05) is 26.2 Å². The molecule has 0 N–H and O–H groups in total. The van der Waals surface area contributed by atoms with E-state index in [1.54, 1.807) is 0 Å². The first-order chi connectivity index (χ1) is 14.2. The maximum absolute atomic E-state index is 6.02. The second kappa shape index (κ2) is 8.38. The summed E-state index contributed by atoms with van der Waals surface area (Å²) >= 11 is 1.83. The van der Waals surface area contributed by atoms with E-state index < -0.39 is 0 Å². The van der Waals surface area contributed by atoms with Crippen LogP contribution in [0.3, 0.4) is 0 Å². The summed E-state index contributed by atoms with van der Waals surface area (Å²) < 4.78 is 6.02. The maximum Gasteiger partial charge on any atom is 0.257 e. The summed E-state index contributed by atoms with van der Waals surface area (Å²) in [5, 5.41) is 8.66. The van der Waals surface area contributed by atoms with E-state index in [1.807, 2.05) is 11.3 Å². The SMILES string of the molecule is Cc1ccccc1CN1CCN(Cc2nnc(-c3cc4c(s3)CCCC4)o2)CC1. The molecule has 3 aromatic rings. The van der Waals surface area contributed by atoms with Crippen LogP contribution in [0.15, 0.2) is 34.7 Å². The number of rotatable bonds is 5. The van der Waals surface area contributed by atoms with Crippen LogP contribution in [0.5, 0.6) is 0 Å². The molecule has 2 aromatic heterocycles. The average molecular weight is 409 g/mol. The van der Waals surface area contributed by atoms with Crippen molar-refractivity contribution in [2.24, 2.45) is 0 Å². The number of hydrogen-bond acceptors (Lipinski definition) is 6. The zero-order chi connectivity index (χ0) is 19.6. The minimum absolute atomic E-state index is 0.692. The highest BCUT2D eigenvalue weighted by Gasteiger charge is 2.21. The number of fused-ring (bicyclic) bond motifs is 1. The van der Waals surface area contributed by atoms with Crippen molar-refractivity contribution >= 4 is 11.3 Å². The Morgan fingerprint density at radius 1 is 0.966 bits per heavy atom. The highest BCUT2D eigenvalue weighted by molar-refractivity contribution is 7.15. The van der Waals surface area contributed by atoms with Crippen LogP contribution in [0.25, 0.3) is 10.8 Å². The molecular weight excluding hydrogens is 380 g/mol. The Morgan fingerprint density at radius 3 is 2.52 bits per heavy atom. The van der Waals surface area contributed by atoms with E-state index in [4.69, 9.17) is 4.42 Å². The van der Waals surface area contributed by atoms with E-state index in [2.05, 4.69) is 57.3 Å². The van der Waals surface area contributed by atoms with Gasteiger partial charge in [0.1, 0.15) is 0 Å². The molecule has 0 spiro atoms. The van der Waals surface area contributed by atoms with Gasteiger partial charge in [-0.15, -0.1) is 21.5 Å². The summed E-state index contributed by atoms with van der Waals surface area (Å²) in [6, 6.07) is 10.9. The Bertz CT molecular complexity index is 947. The standard InChI is InChI=1S/C23H28N4OS/c1-17-6-2-3-8-19(17)15-26-10-12-27(13-11-26)16-22-24-25-23(28-22)21-14-18-7-4-5-9-20(18)29-21/h2-3,6,8,14H,4-5,7,9-13,15-16H2,1H3. The quantitative estimate of drug-likeness (QED) is 0.630. The fraction of sp³-hybridized carbons (Fsp3) is 0.478. The monoisotopic (exact) mass is 408 g/mol. The van der Waals surface area contributed by atoms with Gasteiger partial charge in [0.15, 0.2) is 0 Å². The first-order valence-corrected chi connectivity index (χ1v) is 11.5. The molecule has 1 aliphatic carbocycles. The summed E-state index contributed by atoms with van der Waals surface area (Å²) in [5.74, 6) is 1.43. The van der Waals surface area contributed by atoms with Crippen LogP contribution < -0.4 is 0 Å². The van der Waals surface area contributed by atoms with Crippen LogP contribution in [0, 0.1) is 6.92 Å². The molecule has 2 aliphatic rings. The molecule has 152 valence electrons. The van der Waals surface area contributed by atoms with E-state index >= 15 is 0 Å². The molecule has 0 radical (unpaired) electrons. The van der Waals surface area contributed by atoms with Gasteiger partial charge >= 0.3 is 0 Å². The van der Waals surface area contributed by atoms with Gasteiger partial charge in [-0.3, -0.25) is 9.80 Å². The normalized spacial score (nSPS) is 18.1. The van der Waals surface area contributed by atoms with E-state index in [1.165, 1.54) is 47.3 Å². The lowest BCUT2D eigenvalue weighted by Gasteiger charge is -2.34. The molecule has 1 saturated heterocycles. The van der Waals surface area contributed by atoms with Crippen molar-refractivity contribution in [1.82, 2.24) is 20.0 Å². The van der Waals surface area contributed by atoms with Gasteiger partial charge in [-0.1, -0.05) is 24.3 Å². The summed E-state index contributed by atoms with van der Waals surface area (Å²) in [6.07, 6.45) is 5.00. The molecule has 0 atom stereocenters. The average Bonchev–Trinajstić information content (AvgIpc) is 3.38. The third kappa shape index (κ3) is 4.29. The molecule has 1 fully saturated rings. The van der Waals surface area contributed by atoms with Crippen LogP contribution in [0.4, 0.5) is 0 Å². The van der Waals surface area contributed by atoms with Crippen molar-refractivity contribution < 1.29 is 4.42 Å². The predicted molar refractivity (Wildman–Crippen MR) is 116 cm³/mol. The van der Waals surface area contributed by atoms with Gasteiger partial charge in [0.2, 0.25) is 5.89 Å². The molecule has 0 unspecified atom stereocenters. The Morgan fingerprint density at radius 2 is 1.72 bits per heavy atom. The first-order valence-electron chi connectivity index (χ1n) is 10.7. The summed E-state index contributed by atoms with van der Waals surface area (Å²) in [7, 11) is 0. The van der Waals surface area contributed by atoms with Gasteiger partial charge in [0.25, 0.3) is 5.89 Å². The lowest BCUT2D eigenvalue weighted by molar-refractivity contribution is 0.114. The molecule has 1 aromatic carbocycles. The third-order valence-corrected chi connectivity index (χ3v) is 7.38. The van der Waals surface area contributed by atoms with Gasteiger partial charge in [-0.05, 0) is 55.4 Å². The van der Waals surface area contributed by atoms with Crippen LogP contribution in [-0.2, 0) is 25.9 Å². The minimum atomic E-state index is 0.692. The molecule has 1 aliphatic heterocycles. The molecule has 29 heavy (non-hydrogen) atoms. The predicted octanol–water partition coefficient (Wildman–Crippen LogP) is 4.30. The van der Waals surface area contributed by atoms with E-state index in [0.29, 0.717) is 5.89 Å². The van der Waals surface area contributed by atoms with E-state index in [9.17, 15) is 0 Å². The van der Waals surface area contributed by atoms with Crippen molar-refractivity contribution in [3.63, 3.8) is 0 Å². The number of nitrogens with zero attached hydrogens (tertiary/aromatic N) is 4. The molecule has 5 rings (SSSR count). The van der Waals surface area contributed by atoms with Crippen LogP contribution in [0.2, 0.25) is 0 Å². The smallest absolute Gasteiger partial charge is 0.257 e. The van der Waals surface area contributed by atoms with Crippen LogP contribution >= 0.6 is 11.3 Å². The number of piperazine rings is 1. The largest absolute Gasteiger partial charge is 0.419 e. The fourth-order valence-corrected chi connectivity index (χ4v) is 5.51. The molecule has 5 nitrogen and oxygen atoms in total. The lowest BCUT2D eigenvalue weighted by Crippen LogP contribution is -2.45. The minimum Gasteiger partial charge on any atom is -0.419 e. The maximum atomic E-state index is 6.02. The summed E-state index contributed by atoms with van der Waals surface area (Å²) in [4.78, 5) is 7.61. The topological polar surface area (TPSA) is 45.4 Å². The van der Waals surface area contributed by atoms with Gasteiger partial charge in [0, 0.05) is 37.6 Å². The fourth-order valence-electron chi connectivity index (χ4n) is 4.34. The Balaban J connectivity index is 1.16. The number of benzene rings is 1. The second-order valence-electron chi connectivity index (χ2n) is 8.25. The highest BCUT2D eigenvalue weighted by atomic mass is 32.1. The number of aryl methyl sites for hydroxylation is 3. The van der Waals surface area contributed by atoms with Gasteiger partial charge in [-0.2, -0.15) is 0 Å². The first kappa shape index (κ1) is 19.0. The van der Waals surface area contributed by atoms with Crippen molar-refractivity contribution in [3.8, 4) is 10.8 Å².